The molecule has 0 aromatic heterocycles. The van der Waals surface area contributed by atoms with E-state index in [0.29, 0.717) is 17.1 Å². The molecule has 5 rings (SSSR count). The molecule has 0 unspecified atom stereocenters. The number of carbonyl (C=O) groups excluding carboxylic acids is 5. The number of anilines is 3. The van der Waals surface area contributed by atoms with Crippen LogP contribution in [0.25, 0.3) is 0 Å². The molecular formula is C27H25N3O6. The quantitative estimate of drug-likeness (QED) is 0.367. The highest BCUT2D eigenvalue weighted by molar-refractivity contribution is 6.23. The second-order valence-electron chi connectivity index (χ2n) is 9.41. The molecule has 2 bridgehead atoms. The van der Waals surface area contributed by atoms with Crippen LogP contribution < -0.4 is 15.5 Å². The number of hydrogen-bond acceptors (Lipinski definition) is 6. The highest BCUT2D eigenvalue weighted by Crippen LogP contribution is 2.55. The van der Waals surface area contributed by atoms with Crippen LogP contribution in [0.4, 0.5) is 17.1 Å². The van der Waals surface area contributed by atoms with Gasteiger partial charge in [0, 0.05) is 18.3 Å². The van der Waals surface area contributed by atoms with Gasteiger partial charge >= 0.3 is 5.97 Å². The molecule has 0 spiro atoms. The molecule has 184 valence electrons. The lowest BCUT2D eigenvalue weighted by Crippen LogP contribution is -2.33. The van der Waals surface area contributed by atoms with Crippen molar-refractivity contribution in [3.63, 3.8) is 0 Å². The minimum Gasteiger partial charge on any atom is -0.452 e. The summed E-state index contributed by atoms with van der Waals surface area (Å²) in [6, 6.07) is 12.5. The lowest BCUT2D eigenvalue weighted by molar-refractivity contribution is -0.123. The minimum atomic E-state index is -0.702. The number of carbonyl (C=O) groups is 5. The van der Waals surface area contributed by atoms with E-state index in [2.05, 4.69) is 16.7 Å². The molecular weight excluding hydrogens is 462 g/mol. The standard InChI is InChI=1S/C27H25N3O6/c1-14-11-17-12-21(14)24-23(17)25(33)30(26(24)34)20-9-3-16(4-10-20)27(35)36-13-22(32)29-19-7-5-18(6-8-19)28-15(2)31/h3-11,17,21,23-24H,12-13H2,1-2H3,(H,28,31)(H,29,32)/t17-,21+,23-,24-/m0/s1. The fourth-order valence-corrected chi connectivity index (χ4v) is 5.53. The van der Waals surface area contributed by atoms with Gasteiger partial charge in [-0.15, -0.1) is 0 Å². The van der Waals surface area contributed by atoms with Crippen LogP contribution in [0.15, 0.2) is 60.2 Å². The molecule has 2 aliphatic carbocycles. The molecule has 4 atom stereocenters. The second kappa shape index (κ2) is 9.07. The number of nitrogens with one attached hydrogen (secondary N) is 2. The van der Waals surface area contributed by atoms with E-state index in [-0.39, 0.29) is 47.0 Å². The summed E-state index contributed by atoms with van der Waals surface area (Å²) in [6.07, 6.45) is 2.99. The van der Waals surface area contributed by atoms with Crippen molar-refractivity contribution in [1.82, 2.24) is 0 Å². The number of esters is 1. The number of benzene rings is 2. The SMILES string of the molecule is CC(=O)Nc1ccc(NC(=O)COC(=O)c2ccc(N3C(=O)[C@@H]4[C@@H](C3=O)[C@H]3C=C(C)[C@H]4C3)cc2)cc1. The van der Waals surface area contributed by atoms with E-state index in [9.17, 15) is 24.0 Å². The van der Waals surface area contributed by atoms with E-state index in [4.69, 9.17) is 4.74 Å². The molecule has 3 aliphatic rings. The number of nitrogens with zero attached hydrogens (tertiary/aromatic N) is 1. The lowest BCUT2D eigenvalue weighted by atomic mass is 9.82. The average Bonchev–Trinajstić information content (AvgIpc) is 3.48. The van der Waals surface area contributed by atoms with Crippen LogP contribution in [0.5, 0.6) is 0 Å². The zero-order valence-corrected chi connectivity index (χ0v) is 19.8. The Hall–Kier alpha value is -4.27. The Labute approximate surface area is 207 Å². The van der Waals surface area contributed by atoms with Crippen LogP contribution in [0, 0.1) is 23.7 Å². The number of allylic oxidation sites excluding steroid dienone is 2. The molecule has 36 heavy (non-hydrogen) atoms. The first kappa shape index (κ1) is 23.5. The van der Waals surface area contributed by atoms with E-state index in [1.807, 2.05) is 6.92 Å². The molecule has 2 aromatic carbocycles. The minimum absolute atomic E-state index is 0.122. The van der Waals surface area contributed by atoms with Gasteiger partial charge in [0.15, 0.2) is 6.61 Å². The highest BCUT2D eigenvalue weighted by Gasteiger charge is 2.60. The van der Waals surface area contributed by atoms with Crippen LogP contribution in [0.3, 0.4) is 0 Å². The fraction of sp³-hybridized carbons (Fsp3) is 0.296. The summed E-state index contributed by atoms with van der Waals surface area (Å²) in [5, 5.41) is 5.23. The maximum atomic E-state index is 13.1. The molecule has 1 saturated heterocycles. The number of imide groups is 1. The summed E-state index contributed by atoms with van der Waals surface area (Å²) in [4.78, 5) is 63.0. The molecule has 2 fully saturated rings. The number of rotatable bonds is 6. The third-order valence-corrected chi connectivity index (χ3v) is 7.07. The third kappa shape index (κ3) is 4.17. The van der Waals surface area contributed by atoms with Crippen LogP contribution in [-0.4, -0.2) is 36.2 Å². The topological polar surface area (TPSA) is 122 Å². The Balaban J connectivity index is 1.16. The average molecular weight is 488 g/mol. The Morgan fingerprint density at radius 1 is 0.917 bits per heavy atom. The Morgan fingerprint density at radius 3 is 2.17 bits per heavy atom. The second-order valence-corrected chi connectivity index (χ2v) is 9.41. The largest absolute Gasteiger partial charge is 0.452 e. The first-order valence-corrected chi connectivity index (χ1v) is 11.7. The number of fused-ring (bicyclic) bond motifs is 5. The Bertz CT molecular complexity index is 1300. The van der Waals surface area contributed by atoms with Gasteiger partial charge in [0.2, 0.25) is 17.7 Å². The van der Waals surface area contributed by atoms with Gasteiger partial charge in [-0.1, -0.05) is 11.6 Å². The van der Waals surface area contributed by atoms with Gasteiger partial charge in [0.1, 0.15) is 0 Å². The fourth-order valence-electron chi connectivity index (χ4n) is 5.53. The van der Waals surface area contributed by atoms with Gasteiger partial charge in [0.05, 0.1) is 23.1 Å². The summed E-state index contributed by atoms with van der Waals surface area (Å²) in [6.45, 7) is 2.93. The predicted molar refractivity (Wildman–Crippen MR) is 131 cm³/mol. The van der Waals surface area contributed by atoms with E-state index >= 15 is 0 Å². The first-order chi connectivity index (χ1) is 17.2. The smallest absolute Gasteiger partial charge is 0.338 e. The molecule has 0 radical (unpaired) electrons. The van der Waals surface area contributed by atoms with Crippen molar-refractivity contribution in [2.24, 2.45) is 23.7 Å². The Morgan fingerprint density at radius 2 is 1.53 bits per heavy atom. The van der Waals surface area contributed by atoms with Crippen molar-refractivity contribution < 1.29 is 28.7 Å². The van der Waals surface area contributed by atoms with Crippen molar-refractivity contribution >= 4 is 46.7 Å². The van der Waals surface area contributed by atoms with Gasteiger partial charge in [-0.3, -0.25) is 24.1 Å². The van der Waals surface area contributed by atoms with Crippen LogP contribution in [0.2, 0.25) is 0 Å². The van der Waals surface area contributed by atoms with Crippen molar-refractivity contribution in [2.75, 3.05) is 22.1 Å². The normalized spacial score (nSPS) is 23.8. The van der Waals surface area contributed by atoms with E-state index in [1.54, 1.807) is 36.4 Å². The summed E-state index contributed by atoms with van der Waals surface area (Å²) in [7, 11) is 0. The molecule has 1 saturated carbocycles. The van der Waals surface area contributed by atoms with E-state index in [0.717, 1.165) is 6.42 Å². The van der Waals surface area contributed by atoms with Gasteiger partial charge < -0.3 is 15.4 Å². The third-order valence-electron chi connectivity index (χ3n) is 7.07. The molecule has 9 nitrogen and oxygen atoms in total. The maximum Gasteiger partial charge on any atom is 0.338 e. The lowest BCUT2D eigenvalue weighted by Gasteiger charge is -2.19. The van der Waals surface area contributed by atoms with Gasteiger partial charge in [-0.2, -0.15) is 0 Å². The maximum absolute atomic E-state index is 13.1. The first-order valence-electron chi connectivity index (χ1n) is 11.7. The van der Waals surface area contributed by atoms with Crippen molar-refractivity contribution in [3.8, 4) is 0 Å². The monoisotopic (exact) mass is 487 g/mol. The zero-order chi connectivity index (χ0) is 25.6. The summed E-state index contributed by atoms with van der Waals surface area (Å²) in [5.41, 5.74) is 2.89. The molecule has 2 N–H and O–H groups in total. The molecule has 1 aliphatic heterocycles. The van der Waals surface area contributed by atoms with Gasteiger partial charge in [-0.25, -0.2) is 4.79 Å². The van der Waals surface area contributed by atoms with Crippen LogP contribution >= 0.6 is 0 Å². The molecule has 9 heteroatoms. The summed E-state index contributed by atoms with van der Waals surface area (Å²) >= 11 is 0. The van der Waals surface area contributed by atoms with Crippen molar-refractivity contribution in [2.45, 2.75) is 20.3 Å². The number of hydrogen-bond donors (Lipinski definition) is 2. The summed E-state index contributed by atoms with van der Waals surface area (Å²) in [5.74, 6) is -2.12. The van der Waals surface area contributed by atoms with Gasteiger partial charge in [-0.05, 0) is 73.7 Å². The zero-order valence-electron chi connectivity index (χ0n) is 19.8. The van der Waals surface area contributed by atoms with Crippen molar-refractivity contribution in [1.29, 1.82) is 0 Å². The van der Waals surface area contributed by atoms with E-state index in [1.165, 1.54) is 29.5 Å². The molecule has 2 aromatic rings. The van der Waals surface area contributed by atoms with Crippen LogP contribution in [-0.2, 0) is 23.9 Å². The Kier molecular flexibility index (Phi) is 5.91. The van der Waals surface area contributed by atoms with Crippen LogP contribution in [0.1, 0.15) is 30.6 Å². The summed E-state index contributed by atoms with van der Waals surface area (Å²) < 4.78 is 5.09. The number of amides is 4. The highest BCUT2D eigenvalue weighted by atomic mass is 16.5. The molecule has 1 heterocycles. The van der Waals surface area contributed by atoms with E-state index < -0.39 is 18.5 Å². The van der Waals surface area contributed by atoms with Crippen molar-refractivity contribution in [3.05, 3.63) is 65.7 Å². The molecule has 4 amide bonds. The van der Waals surface area contributed by atoms with Gasteiger partial charge in [0.25, 0.3) is 5.91 Å². The predicted octanol–water partition coefficient (Wildman–Crippen LogP) is 3.14. The number of ether oxygens (including phenoxy) is 1.